The number of amides is 1. The van der Waals surface area contributed by atoms with E-state index < -0.39 is 0 Å². The summed E-state index contributed by atoms with van der Waals surface area (Å²) in [5.41, 5.74) is 8.64. The van der Waals surface area contributed by atoms with Crippen LogP contribution in [0.4, 0.5) is 5.69 Å². The molecule has 1 aromatic heterocycles. The molecule has 0 saturated heterocycles. The molecular weight excluding hydrogens is 322 g/mol. The van der Waals surface area contributed by atoms with Gasteiger partial charge in [-0.05, 0) is 48.0 Å². The molecule has 1 aromatic carbocycles. The maximum Gasteiger partial charge on any atom is 0.253 e. The summed E-state index contributed by atoms with van der Waals surface area (Å²) < 4.78 is 5.88. The van der Waals surface area contributed by atoms with Crippen LogP contribution in [0.1, 0.15) is 27.4 Å². The minimum absolute atomic E-state index is 0.0933. The molecule has 106 valence electrons. The largest absolute Gasteiger partial charge is 0.398 e. The number of aryl methyl sites for hydroxylation is 2. The molecule has 0 atom stereocenters. The molecule has 0 aliphatic heterocycles. The van der Waals surface area contributed by atoms with Crippen LogP contribution in [-0.4, -0.2) is 23.0 Å². The van der Waals surface area contributed by atoms with Gasteiger partial charge in [-0.2, -0.15) is 0 Å². The first-order valence-electron chi connectivity index (χ1n) is 6.12. The van der Waals surface area contributed by atoms with Crippen molar-refractivity contribution < 1.29 is 9.32 Å². The molecule has 6 heteroatoms. The van der Waals surface area contributed by atoms with Gasteiger partial charge >= 0.3 is 0 Å². The molecule has 0 bridgehead atoms. The molecule has 0 aliphatic rings. The number of carbonyl (C=O) groups excluding carboxylic acids is 1. The lowest BCUT2D eigenvalue weighted by molar-refractivity contribution is 0.0784. The van der Waals surface area contributed by atoms with Crippen molar-refractivity contribution in [1.29, 1.82) is 0 Å². The molecule has 0 unspecified atom stereocenters. The van der Waals surface area contributed by atoms with Gasteiger partial charge in [0.25, 0.3) is 5.91 Å². The van der Waals surface area contributed by atoms with Crippen LogP contribution < -0.4 is 5.73 Å². The van der Waals surface area contributed by atoms with Crippen molar-refractivity contribution >= 4 is 27.5 Å². The van der Waals surface area contributed by atoms with Crippen LogP contribution in [0.5, 0.6) is 0 Å². The Morgan fingerprint density at radius 1 is 1.45 bits per heavy atom. The number of anilines is 1. The summed E-state index contributed by atoms with van der Waals surface area (Å²) in [7, 11) is 1.74. The number of nitrogen functional groups attached to an aromatic ring is 1. The lowest BCUT2D eigenvalue weighted by Gasteiger charge is -2.17. The van der Waals surface area contributed by atoms with Crippen LogP contribution in [-0.2, 0) is 6.54 Å². The fourth-order valence-electron chi connectivity index (χ4n) is 1.93. The standard InChI is InChI=1S/C14H16BrN3O2/c1-8-11(9(2)20-17-8)7-18(3)14(19)10-4-5-12(15)13(16)6-10/h4-6H,7,16H2,1-3H3. The zero-order chi connectivity index (χ0) is 14.9. The number of aromatic nitrogens is 1. The highest BCUT2D eigenvalue weighted by Gasteiger charge is 2.17. The number of hydrogen-bond donors (Lipinski definition) is 1. The van der Waals surface area contributed by atoms with Crippen molar-refractivity contribution in [3.63, 3.8) is 0 Å². The maximum absolute atomic E-state index is 12.4. The van der Waals surface area contributed by atoms with Crippen molar-refractivity contribution in [1.82, 2.24) is 10.1 Å². The van der Waals surface area contributed by atoms with Gasteiger partial charge in [-0.1, -0.05) is 5.16 Å². The number of benzene rings is 1. The van der Waals surface area contributed by atoms with E-state index in [9.17, 15) is 4.79 Å². The van der Waals surface area contributed by atoms with Crippen molar-refractivity contribution in [3.8, 4) is 0 Å². The summed E-state index contributed by atoms with van der Waals surface area (Å²) >= 11 is 3.31. The normalized spacial score (nSPS) is 10.6. The van der Waals surface area contributed by atoms with Gasteiger partial charge in [-0.3, -0.25) is 4.79 Å². The van der Waals surface area contributed by atoms with Crippen molar-refractivity contribution in [2.24, 2.45) is 0 Å². The summed E-state index contributed by atoms with van der Waals surface area (Å²) in [6, 6.07) is 5.18. The zero-order valence-corrected chi connectivity index (χ0v) is 13.2. The summed E-state index contributed by atoms with van der Waals surface area (Å²) in [4.78, 5) is 14.0. The van der Waals surface area contributed by atoms with E-state index in [1.54, 1.807) is 30.1 Å². The third kappa shape index (κ3) is 2.85. The van der Waals surface area contributed by atoms with Gasteiger partial charge in [0, 0.05) is 28.3 Å². The van der Waals surface area contributed by atoms with Crippen molar-refractivity contribution in [3.05, 3.63) is 45.3 Å². The summed E-state index contributed by atoms with van der Waals surface area (Å²) in [5, 5.41) is 3.89. The molecule has 0 spiro atoms. The van der Waals surface area contributed by atoms with Crippen LogP contribution in [0.2, 0.25) is 0 Å². The molecule has 0 saturated carbocycles. The third-order valence-electron chi connectivity index (χ3n) is 3.17. The molecule has 2 rings (SSSR count). The quantitative estimate of drug-likeness (QED) is 0.874. The van der Waals surface area contributed by atoms with E-state index >= 15 is 0 Å². The monoisotopic (exact) mass is 337 g/mol. The maximum atomic E-state index is 12.4. The zero-order valence-electron chi connectivity index (χ0n) is 11.6. The molecule has 2 aromatic rings. The lowest BCUT2D eigenvalue weighted by Crippen LogP contribution is -2.26. The number of nitrogens with zero attached hydrogens (tertiary/aromatic N) is 2. The molecule has 0 fully saturated rings. The van der Waals surface area contributed by atoms with Crippen LogP contribution >= 0.6 is 15.9 Å². The number of hydrogen-bond acceptors (Lipinski definition) is 4. The van der Waals surface area contributed by atoms with E-state index in [0.29, 0.717) is 17.8 Å². The Morgan fingerprint density at radius 3 is 2.70 bits per heavy atom. The van der Waals surface area contributed by atoms with Crippen molar-refractivity contribution in [2.75, 3.05) is 12.8 Å². The Kier molecular flexibility index (Phi) is 4.13. The summed E-state index contributed by atoms with van der Waals surface area (Å²) in [6.45, 7) is 4.16. The Balaban J connectivity index is 2.18. The predicted molar refractivity (Wildman–Crippen MR) is 80.3 cm³/mol. The van der Waals surface area contributed by atoms with E-state index in [2.05, 4.69) is 21.1 Å². The minimum Gasteiger partial charge on any atom is -0.398 e. The average molecular weight is 338 g/mol. The predicted octanol–water partition coefficient (Wildman–Crippen LogP) is 2.91. The Bertz CT molecular complexity index is 632. The van der Waals surface area contributed by atoms with Crippen molar-refractivity contribution in [2.45, 2.75) is 20.4 Å². The van der Waals surface area contributed by atoms with Gasteiger partial charge in [0.2, 0.25) is 0 Å². The van der Waals surface area contributed by atoms with E-state index in [1.807, 2.05) is 13.8 Å². The van der Waals surface area contributed by atoms with E-state index in [1.165, 1.54) is 0 Å². The van der Waals surface area contributed by atoms with Crippen LogP contribution in [0, 0.1) is 13.8 Å². The Labute approximate surface area is 125 Å². The fraction of sp³-hybridized carbons (Fsp3) is 0.286. The second kappa shape index (κ2) is 5.66. The number of rotatable bonds is 3. The molecule has 5 nitrogen and oxygen atoms in total. The van der Waals surface area contributed by atoms with Gasteiger partial charge < -0.3 is 15.2 Å². The minimum atomic E-state index is -0.0933. The van der Waals surface area contributed by atoms with Gasteiger partial charge in [0.1, 0.15) is 5.76 Å². The first kappa shape index (κ1) is 14.6. The molecule has 0 radical (unpaired) electrons. The lowest BCUT2D eigenvalue weighted by atomic mass is 10.1. The number of carbonyl (C=O) groups is 1. The highest BCUT2D eigenvalue weighted by Crippen LogP contribution is 2.22. The molecular formula is C14H16BrN3O2. The van der Waals surface area contributed by atoms with Gasteiger partial charge in [-0.15, -0.1) is 0 Å². The topological polar surface area (TPSA) is 72.4 Å². The molecule has 2 N–H and O–H groups in total. The molecule has 1 heterocycles. The highest BCUT2D eigenvalue weighted by molar-refractivity contribution is 9.10. The third-order valence-corrected chi connectivity index (χ3v) is 3.89. The smallest absolute Gasteiger partial charge is 0.253 e. The average Bonchev–Trinajstić information content (AvgIpc) is 2.72. The molecule has 1 amide bonds. The summed E-state index contributed by atoms with van der Waals surface area (Å²) in [6.07, 6.45) is 0. The Morgan fingerprint density at radius 2 is 2.15 bits per heavy atom. The van der Waals surface area contributed by atoms with E-state index in [-0.39, 0.29) is 5.91 Å². The SMILES string of the molecule is Cc1noc(C)c1CN(C)C(=O)c1ccc(Br)c(N)c1. The van der Waals surface area contributed by atoms with Gasteiger partial charge in [0.15, 0.2) is 0 Å². The summed E-state index contributed by atoms with van der Waals surface area (Å²) in [5.74, 6) is 0.640. The second-order valence-corrected chi connectivity index (χ2v) is 5.55. The first-order chi connectivity index (χ1) is 9.40. The highest BCUT2D eigenvalue weighted by atomic mass is 79.9. The molecule has 0 aliphatic carbocycles. The van der Waals surface area contributed by atoms with Gasteiger partial charge in [-0.25, -0.2) is 0 Å². The van der Waals surface area contributed by atoms with Crippen LogP contribution in [0.15, 0.2) is 27.2 Å². The van der Waals surface area contributed by atoms with E-state index in [0.717, 1.165) is 21.5 Å². The second-order valence-electron chi connectivity index (χ2n) is 4.70. The number of nitrogens with two attached hydrogens (primary N) is 1. The van der Waals surface area contributed by atoms with Crippen LogP contribution in [0.3, 0.4) is 0 Å². The first-order valence-corrected chi connectivity index (χ1v) is 6.91. The molecule has 20 heavy (non-hydrogen) atoms. The van der Waals surface area contributed by atoms with Crippen LogP contribution in [0.25, 0.3) is 0 Å². The fourth-order valence-corrected chi connectivity index (χ4v) is 2.18. The Hall–Kier alpha value is -1.82. The van der Waals surface area contributed by atoms with E-state index in [4.69, 9.17) is 10.3 Å². The van der Waals surface area contributed by atoms with Gasteiger partial charge in [0.05, 0.1) is 12.2 Å². The number of halogens is 1.